The van der Waals surface area contributed by atoms with Crippen LogP contribution in [0, 0.1) is 6.92 Å². The molecule has 7 nitrogen and oxygen atoms in total. The Balaban J connectivity index is 1.83. The number of ether oxygens (including phenoxy) is 1. The van der Waals surface area contributed by atoms with Gasteiger partial charge in [-0.3, -0.25) is 4.79 Å². The first kappa shape index (κ1) is 22.2. The first-order valence-corrected chi connectivity index (χ1v) is 12.5. The van der Waals surface area contributed by atoms with Gasteiger partial charge in [-0.05, 0) is 48.7 Å². The fourth-order valence-corrected chi connectivity index (χ4v) is 6.52. The summed E-state index contributed by atoms with van der Waals surface area (Å²) in [6.45, 7) is 2.23. The van der Waals surface area contributed by atoms with Crippen molar-refractivity contribution in [3.05, 3.63) is 95.1 Å². The molecule has 0 bridgehead atoms. The number of methoxy groups -OCH3 is 1. The molecular weight excluding hydrogens is 452 g/mol. The Morgan fingerprint density at radius 1 is 0.971 bits per heavy atom. The maximum atomic E-state index is 14.1. The SMILES string of the molecule is COC(=O)[C@@H]1[C@@H]2c3ccccc3CCN2C(=O)c2ccccc2N1S(=O)(=O)c1ccc(C)cc1. The van der Waals surface area contributed by atoms with Crippen molar-refractivity contribution in [2.75, 3.05) is 18.0 Å². The molecule has 1 amide bonds. The van der Waals surface area contributed by atoms with Gasteiger partial charge in [0, 0.05) is 6.54 Å². The van der Waals surface area contributed by atoms with Crippen LogP contribution >= 0.6 is 0 Å². The van der Waals surface area contributed by atoms with E-state index < -0.39 is 28.1 Å². The van der Waals surface area contributed by atoms with E-state index in [1.807, 2.05) is 31.2 Å². The molecule has 2 heterocycles. The van der Waals surface area contributed by atoms with Crippen molar-refractivity contribution in [1.29, 1.82) is 0 Å². The van der Waals surface area contributed by atoms with Gasteiger partial charge in [0.05, 0.1) is 29.3 Å². The molecule has 0 radical (unpaired) electrons. The van der Waals surface area contributed by atoms with E-state index in [1.54, 1.807) is 41.3 Å². The van der Waals surface area contributed by atoms with Crippen molar-refractivity contribution in [2.45, 2.75) is 30.3 Å². The maximum Gasteiger partial charge on any atom is 0.332 e. The predicted octanol–water partition coefficient (Wildman–Crippen LogP) is 3.49. The van der Waals surface area contributed by atoms with Crippen LogP contribution in [0.2, 0.25) is 0 Å². The summed E-state index contributed by atoms with van der Waals surface area (Å²) in [6, 6.07) is 18.4. The van der Waals surface area contributed by atoms with Gasteiger partial charge in [0.1, 0.15) is 0 Å². The van der Waals surface area contributed by atoms with E-state index in [-0.39, 0.29) is 22.1 Å². The normalized spacial score (nSPS) is 19.5. The summed E-state index contributed by atoms with van der Waals surface area (Å²) >= 11 is 0. The van der Waals surface area contributed by atoms with Crippen molar-refractivity contribution < 1.29 is 22.7 Å². The van der Waals surface area contributed by atoms with Crippen LogP contribution in [0.15, 0.2) is 77.7 Å². The number of carbonyl (C=O) groups is 2. The second-order valence-electron chi connectivity index (χ2n) is 8.49. The highest BCUT2D eigenvalue weighted by atomic mass is 32.2. The highest BCUT2D eigenvalue weighted by Crippen LogP contribution is 2.43. The molecule has 34 heavy (non-hydrogen) atoms. The minimum Gasteiger partial charge on any atom is -0.467 e. The third-order valence-electron chi connectivity index (χ3n) is 6.54. The van der Waals surface area contributed by atoms with Gasteiger partial charge in [-0.2, -0.15) is 0 Å². The number of aryl methyl sites for hydroxylation is 1. The Morgan fingerprint density at radius 2 is 1.65 bits per heavy atom. The Labute approximate surface area is 198 Å². The molecule has 0 aromatic heterocycles. The maximum absolute atomic E-state index is 14.1. The van der Waals surface area contributed by atoms with E-state index in [2.05, 4.69) is 0 Å². The average Bonchev–Trinajstić information content (AvgIpc) is 2.97. The number of carbonyl (C=O) groups excluding carboxylic acids is 2. The molecule has 174 valence electrons. The summed E-state index contributed by atoms with van der Waals surface area (Å²) in [7, 11) is -3.01. The molecule has 2 aliphatic rings. The lowest BCUT2D eigenvalue weighted by atomic mass is 9.88. The van der Waals surface area contributed by atoms with E-state index in [4.69, 9.17) is 4.74 Å². The van der Waals surface area contributed by atoms with Gasteiger partial charge in [0.25, 0.3) is 15.9 Å². The number of hydrogen-bond donors (Lipinski definition) is 0. The molecular formula is C26H24N2O5S. The third kappa shape index (κ3) is 3.37. The number of nitrogens with zero attached hydrogens (tertiary/aromatic N) is 2. The highest BCUT2D eigenvalue weighted by Gasteiger charge is 2.51. The van der Waals surface area contributed by atoms with Gasteiger partial charge in [-0.15, -0.1) is 0 Å². The molecule has 0 spiro atoms. The van der Waals surface area contributed by atoms with Crippen LogP contribution in [0.25, 0.3) is 0 Å². The van der Waals surface area contributed by atoms with Gasteiger partial charge >= 0.3 is 5.97 Å². The van der Waals surface area contributed by atoms with Crippen LogP contribution in [-0.2, 0) is 26.0 Å². The molecule has 0 N–H and O–H groups in total. The van der Waals surface area contributed by atoms with Gasteiger partial charge in [0.2, 0.25) is 0 Å². The monoisotopic (exact) mass is 476 g/mol. The summed E-state index contributed by atoms with van der Waals surface area (Å²) in [6.07, 6.45) is 0.610. The van der Waals surface area contributed by atoms with E-state index in [0.29, 0.717) is 13.0 Å². The molecule has 0 saturated heterocycles. The minimum absolute atomic E-state index is 0.0341. The van der Waals surface area contributed by atoms with E-state index in [0.717, 1.165) is 21.0 Å². The van der Waals surface area contributed by atoms with E-state index >= 15 is 0 Å². The zero-order chi connectivity index (χ0) is 24.0. The van der Waals surface area contributed by atoms with Crippen LogP contribution in [0.5, 0.6) is 0 Å². The molecule has 5 rings (SSSR count). The number of rotatable bonds is 3. The molecule has 3 aromatic rings. The summed E-state index contributed by atoms with van der Waals surface area (Å²) in [4.78, 5) is 28.8. The minimum atomic E-state index is -4.24. The zero-order valence-electron chi connectivity index (χ0n) is 18.8. The average molecular weight is 477 g/mol. The fraction of sp³-hybridized carbons (Fsp3) is 0.231. The van der Waals surface area contributed by atoms with Crippen LogP contribution in [0.4, 0.5) is 5.69 Å². The first-order chi connectivity index (χ1) is 16.3. The van der Waals surface area contributed by atoms with Crippen molar-refractivity contribution in [1.82, 2.24) is 4.90 Å². The van der Waals surface area contributed by atoms with Crippen molar-refractivity contribution in [2.24, 2.45) is 0 Å². The molecule has 0 unspecified atom stereocenters. The molecule has 0 aliphatic carbocycles. The number of fused-ring (bicyclic) bond motifs is 4. The molecule has 3 aromatic carbocycles. The number of esters is 1. The number of benzene rings is 3. The molecule has 0 saturated carbocycles. The Bertz CT molecular complexity index is 1380. The van der Waals surface area contributed by atoms with Crippen LogP contribution in [0.1, 0.15) is 33.1 Å². The van der Waals surface area contributed by atoms with Crippen molar-refractivity contribution in [3.63, 3.8) is 0 Å². The third-order valence-corrected chi connectivity index (χ3v) is 8.35. The van der Waals surface area contributed by atoms with Gasteiger partial charge in [0.15, 0.2) is 6.04 Å². The standard InChI is InChI=1S/C26H24N2O5S/c1-17-11-13-19(14-12-17)34(31,32)28-22-10-6-5-9-21(22)25(29)27-16-15-18-7-3-4-8-20(18)23(27)24(28)26(30)33-2/h3-14,23-24H,15-16H2,1-2H3/t23-,24-/m0/s1. The molecule has 8 heteroatoms. The van der Waals surface area contributed by atoms with Crippen LogP contribution in [0.3, 0.4) is 0 Å². The number of anilines is 1. The smallest absolute Gasteiger partial charge is 0.332 e. The summed E-state index contributed by atoms with van der Waals surface area (Å²) < 4.78 is 34.5. The quantitative estimate of drug-likeness (QED) is 0.541. The van der Waals surface area contributed by atoms with Crippen molar-refractivity contribution >= 4 is 27.6 Å². The van der Waals surface area contributed by atoms with Crippen LogP contribution in [-0.4, -0.2) is 44.9 Å². The second-order valence-corrected chi connectivity index (χ2v) is 10.3. The Morgan fingerprint density at radius 3 is 2.38 bits per heavy atom. The number of para-hydroxylation sites is 1. The lowest BCUT2D eigenvalue weighted by Gasteiger charge is -2.41. The van der Waals surface area contributed by atoms with Crippen molar-refractivity contribution in [3.8, 4) is 0 Å². The summed E-state index contributed by atoms with van der Waals surface area (Å²) in [5.74, 6) is -1.04. The topological polar surface area (TPSA) is 84.0 Å². The molecule has 2 atom stereocenters. The zero-order valence-corrected chi connectivity index (χ0v) is 19.7. The Hall–Kier alpha value is -3.65. The fourth-order valence-electron chi connectivity index (χ4n) is 4.89. The second kappa shape index (κ2) is 8.29. The summed E-state index contributed by atoms with van der Waals surface area (Å²) in [5, 5.41) is 0. The van der Waals surface area contributed by atoms with E-state index in [9.17, 15) is 18.0 Å². The number of hydrogen-bond acceptors (Lipinski definition) is 5. The number of amides is 1. The van der Waals surface area contributed by atoms with E-state index in [1.165, 1.54) is 19.2 Å². The van der Waals surface area contributed by atoms with Gasteiger partial charge < -0.3 is 9.64 Å². The van der Waals surface area contributed by atoms with Gasteiger partial charge in [-0.25, -0.2) is 17.5 Å². The molecule has 2 aliphatic heterocycles. The predicted molar refractivity (Wildman–Crippen MR) is 127 cm³/mol. The summed E-state index contributed by atoms with van der Waals surface area (Å²) in [5.41, 5.74) is 3.02. The number of sulfonamides is 1. The Kier molecular flexibility index (Phi) is 5.40. The lowest BCUT2D eigenvalue weighted by molar-refractivity contribution is -0.143. The highest BCUT2D eigenvalue weighted by molar-refractivity contribution is 7.93. The van der Waals surface area contributed by atoms with Crippen LogP contribution < -0.4 is 4.31 Å². The molecule has 0 fully saturated rings. The first-order valence-electron chi connectivity index (χ1n) is 11.0. The largest absolute Gasteiger partial charge is 0.467 e. The van der Waals surface area contributed by atoms with Gasteiger partial charge in [-0.1, -0.05) is 54.1 Å². The lowest BCUT2D eigenvalue weighted by Crippen LogP contribution is -2.54.